The number of hydrogen-bond acceptors (Lipinski definition) is 7. The van der Waals surface area contributed by atoms with Crippen LogP contribution in [0.5, 0.6) is 0 Å². The highest BCUT2D eigenvalue weighted by Gasteiger charge is 2.31. The van der Waals surface area contributed by atoms with Crippen molar-refractivity contribution in [2.75, 3.05) is 35.8 Å². The fourth-order valence-corrected chi connectivity index (χ4v) is 3.80. The summed E-state index contributed by atoms with van der Waals surface area (Å²) >= 11 is 0. The summed E-state index contributed by atoms with van der Waals surface area (Å²) in [5, 5.41) is 7.26. The number of aliphatic imine (C=N–C) groups is 1. The van der Waals surface area contributed by atoms with E-state index in [9.17, 15) is 13.6 Å². The summed E-state index contributed by atoms with van der Waals surface area (Å²) in [4.78, 5) is 29.1. The number of likely N-dealkylation sites (N-methyl/N-ethyl adjacent to an activating group) is 1. The minimum absolute atomic E-state index is 0.00165. The van der Waals surface area contributed by atoms with E-state index in [1.165, 1.54) is 17.3 Å². The smallest absolute Gasteiger partial charge is 0.257 e. The topological polar surface area (TPSA) is 91.5 Å². The number of fused-ring (bicyclic) bond motifs is 1. The third-order valence-electron chi connectivity index (χ3n) is 5.58. The van der Waals surface area contributed by atoms with Gasteiger partial charge in [-0.1, -0.05) is 13.0 Å². The summed E-state index contributed by atoms with van der Waals surface area (Å²) in [5.41, 5.74) is 4.74. The molecule has 9 nitrogen and oxygen atoms in total. The van der Waals surface area contributed by atoms with Gasteiger partial charge in [0.05, 0.1) is 23.8 Å². The van der Waals surface area contributed by atoms with Gasteiger partial charge in [-0.25, -0.2) is 13.8 Å². The van der Waals surface area contributed by atoms with Gasteiger partial charge in [0.25, 0.3) is 6.43 Å². The predicted octanol–water partition coefficient (Wildman–Crippen LogP) is 3.72. The van der Waals surface area contributed by atoms with Crippen LogP contribution < -0.4 is 15.1 Å². The van der Waals surface area contributed by atoms with Gasteiger partial charge in [0, 0.05) is 26.0 Å². The molecule has 2 aromatic rings. The van der Waals surface area contributed by atoms with Crippen molar-refractivity contribution < 1.29 is 13.6 Å². The van der Waals surface area contributed by atoms with Crippen LogP contribution in [0.1, 0.15) is 20.3 Å². The lowest BCUT2D eigenvalue weighted by molar-refractivity contribution is -0.117. The van der Waals surface area contributed by atoms with Crippen molar-refractivity contribution in [1.82, 2.24) is 19.7 Å². The molecule has 0 saturated heterocycles. The van der Waals surface area contributed by atoms with Crippen LogP contribution in [0.2, 0.25) is 0 Å². The zero-order valence-corrected chi connectivity index (χ0v) is 19.5. The first kappa shape index (κ1) is 23.3. The Morgan fingerprint density at radius 3 is 2.79 bits per heavy atom. The lowest BCUT2D eigenvalue weighted by Crippen LogP contribution is -2.42. The van der Waals surface area contributed by atoms with Gasteiger partial charge in [-0.05, 0) is 36.6 Å². The number of amides is 1. The number of nitrogens with zero attached hydrogens (tertiary/aromatic N) is 7. The van der Waals surface area contributed by atoms with Crippen molar-refractivity contribution in [1.29, 1.82) is 0 Å². The zero-order valence-electron chi connectivity index (χ0n) is 19.5. The van der Waals surface area contributed by atoms with Crippen LogP contribution in [0.15, 0.2) is 58.7 Å². The Balaban J connectivity index is 1.69. The quantitative estimate of drug-likeness (QED) is 0.695. The number of aromatic nitrogens is 4. The third-order valence-corrected chi connectivity index (χ3v) is 5.58. The van der Waals surface area contributed by atoms with Crippen molar-refractivity contribution in [3.8, 4) is 0 Å². The number of anilines is 4. The van der Waals surface area contributed by atoms with Crippen LogP contribution in [0.25, 0.3) is 0 Å². The fourth-order valence-electron chi connectivity index (χ4n) is 3.80. The number of rotatable bonds is 6. The van der Waals surface area contributed by atoms with Crippen LogP contribution >= 0.6 is 0 Å². The Bertz CT molecular complexity index is 1230. The molecular weight excluding hydrogens is 442 g/mol. The minimum Gasteiger partial charge on any atom is -0.324 e. The normalized spacial score (nSPS) is 18.5. The first-order valence-electron chi connectivity index (χ1n) is 10.9. The van der Waals surface area contributed by atoms with Crippen LogP contribution in [-0.4, -0.2) is 58.4 Å². The maximum atomic E-state index is 12.8. The number of allylic oxidation sites excluding steroid dienone is 5. The van der Waals surface area contributed by atoms with Gasteiger partial charge in [0.1, 0.15) is 18.8 Å². The molecule has 0 spiro atoms. The van der Waals surface area contributed by atoms with Gasteiger partial charge in [-0.2, -0.15) is 10.1 Å². The maximum absolute atomic E-state index is 12.8. The van der Waals surface area contributed by atoms with Crippen LogP contribution in [0, 0.1) is 0 Å². The van der Waals surface area contributed by atoms with Gasteiger partial charge in [0.2, 0.25) is 11.9 Å². The number of carbonyl (C=O) groups excluding carboxylic acids is 1. The second-order valence-electron chi connectivity index (χ2n) is 7.94. The third kappa shape index (κ3) is 4.59. The maximum Gasteiger partial charge on any atom is 0.257 e. The standard InChI is InChI=1S/C23H26F2N8O/c1-5-6-15-8-17(14(2)7-18(15)26-3)29-23-27-10-19-22(30-23)33(13-21(34)31(19)4)16-9-28-32(11-16)12-20(24)25/h6-11,20H,5,12-13H2,1-4H3,(H,27,29,30)/b15-6-,26-18?. The summed E-state index contributed by atoms with van der Waals surface area (Å²) in [5.74, 6) is 0.653. The van der Waals surface area contributed by atoms with E-state index in [4.69, 9.17) is 0 Å². The van der Waals surface area contributed by atoms with E-state index in [1.807, 2.05) is 19.1 Å². The second kappa shape index (κ2) is 9.54. The van der Waals surface area contributed by atoms with Gasteiger partial charge >= 0.3 is 0 Å². The molecule has 1 aliphatic carbocycles. The molecule has 0 saturated carbocycles. The molecule has 2 aliphatic rings. The zero-order chi connectivity index (χ0) is 24.4. The van der Waals surface area contributed by atoms with E-state index in [2.05, 4.69) is 38.4 Å². The molecule has 2 aromatic heterocycles. The van der Waals surface area contributed by atoms with Gasteiger partial charge in [-0.15, -0.1) is 0 Å². The minimum atomic E-state index is -2.53. The number of alkyl halides is 2. The number of carbonyl (C=O) groups is 1. The average Bonchev–Trinajstić information content (AvgIpc) is 3.25. The SMILES string of the molecule is CC/C=C1/C=C(Nc2ncc3c(n2)N(c2cnn(CC(F)F)c2)CC(=O)N3C)C(C)=CC1=NC. The van der Waals surface area contributed by atoms with Crippen LogP contribution in [0.3, 0.4) is 0 Å². The summed E-state index contributed by atoms with van der Waals surface area (Å²) < 4.78 is 26.7. The van der Waals surface area contributed by atoms with Crippen molar-refractivity contribution >= 4 is 34.8 Å². The van der Waals surface area contributed by atoms with Crippen molar-refractivity contribution in [2.45, 2.75) is 33.2 Å². The summed E-state index contributed by atoms with van der Waals surface area (Å²) in [6.45, 7) is 3.51. The predicted molar refractivity (Wildman–Crippen MR) is 128 cm³/mol. The molecular formula is C23H26F2N8O. The Morgan fingerprint density at radius 1 is 1.29 bits per heavy atom. The van der Waals surface area contributed by atoms with E-state index < -0.39 is 13.0 Å². The molecule has 1 amide bonds. The number of hydrogen-bond donors (Lipinski definition) is 1. The molecule has 1 N–H and O–H groups in total. The molecule has 34 heavy (non-hydrogen) atoms. The highest BCUT2D eigenvalue weighted by molar-refractivity contribution is 6.12. The molecule has 0 bridgehead atoms. The molecule has 4 rings (SSSR count). The van der Waals surface area contributed by atoms with Crippen LogP contribution in [-0.2, 0) is 11.3 Å². The second-order valence-corrected chi connectivity index (χ2v) is 7.94. The molecule has 0 aromatic carbocycles. The highest BCUT2D eigenvalue weighted by Crippen LogP contribution is 2.36. The van der Waals surface area contributed by atoms with E-state index in [-0.39, 0.29) is 12.5 Å². The van der Waals surface area contributed by atoms with Crippen molar-refractivity contribution in [2.24, 2.45) is 4.99 Å². The van der Waals surface area contributed by atoms with E-state index in [0.29, 0.717) is 23.1 Å². The molecule has 1 aliphatic heterocycles. The Hall–Kier alpha value is -3.89. The molecule has 0 radical (unpaired) electrons. The largest absolute Gasteiger partial charge is 0.324 e. The van der Waals surface area contributed by atoms with Gasteiger partial charge in [0.15, 0.2) is 5.82 Å². The number of halogens is 2. The first-order chi connectivity index (χ1) is 16.3. The van der Waals surface area contributed by atoms with E-state index >= 15 is 0 Å². The van der Waals surface area contributed by atoms with E-state index in [1.54, 1.807) is 25.2 Å². The summed E-state index contributed by atoms with van der Waals surface area (Å²) in [6.07, 6.45) is 8.94. The molecule has 0 fully saturated rings. The van der Waals surface area contributed by atoms with E-state index in [0.717, 1.165) is 33.7 Å². The Labute approximate surface area is 196 Å². The lowest BCUT2D eigenvalue weighted by atomic mass is 9.97. The number of nitrogens with one attached hydrogen (secondary N) is 1. The first-order valence-corrected chi connectivity index (χ1v) is 10.9. The monoisotopic (exact) mass is 468 g/mol. The molecule has 178 valence electrons. The Morgan fingerprint density at radius 2 is 2.09 bits per heavy atom. The Kier molecular flexibility index (Phi) is 6.53. The van der Waals surface area contributed by atoms with Crippen molar-refractivity contribution in [3.05, 3.63) is 53.7 Å². The summed E-state index contributed by atoms with van der Waals surface area (Å²) in [7, 11) is 3.41. The van der Waals surface area contributed by atoms with Gasteiger partial charge < -0.3 is 15.1 Å². The van der Waals surface area contributed by atoms with Crippen molar-refractivity contribution in [3.63, 3.8) is 0 Å². The molecule has 3 heterocycles. The highest BCUT2D eigenvalue weighted by atomic mass is 19.3. The lowest BCUT2D eigenvalue weighted by Gasteiger charge is -2.33. The fraction of sp³-hybridized carbons (Fsp3) is 0.348. The summed E-state index contributed by atoms with van der Waals surface area (Å²) in [6, 6.07) is 0. The molecule has 11 heteroatoms. The average molecular weight is 469 g/mol. The van der Waals surface area contributed by atoms with Gasteiger partial charge in [-0.3, -0.25) is 14.5 Å². The molecule has 0 atom stereocenters. The molecule has 0 unspecified atom stereocenters. The van der Waals surface area contributed by atoms with Crippen LogP contribution in [0.4, 0.5) is 31.9 Å².